The Morgan fingerprint density at radius 1 is 1.21 bits per heavy atom. The number of benzene rings is 1. The van der Waals surface area contributed by atoms with E-state index >= 15 is 0 Å². The minimum atomic E-state index is -4.05. The zero-order valence-corrected chi connectivity index (χ0v) is 19.1. The van der Waals surface area contributed by atoms with Gasteiger partial charge in [-0.2, -0.15) is 13.5 Å². The molecule has 3 rings (SSSR count). The molecule has 9 nitrogen and oxygen atoms in total. The van der Waals surface area contributed by atoms with Crippen LogP contribution < -0.4 is 4.90 Å². The third-order valence-electron chi connectivity index (χ3n) is 5.06. The van der Waals surface area contributed by atoms with Crippen LogP contribution in [0.4, 0.5) is 5.69 Å². The summed E-state index contributed by atoms with van der Waals surface area (Å²) in [6, 6.07) is 7.71. The Labute approximate surface area is 192 Å². The number of anilines is 1. The average Bonchev–Trinajstić information content (AvgIpc) is 2.98. The highest BCUT2D eigenvalue weighted by Crippen LogP contribution is 2.31. The smallest absolute Gasteiger partial charge is 0.325 e. The van der Waals surface area contributed by atoms with Gasteiger partial charge in [0.15, 0.2) is 0 Å². The molecule has 0 saturated carbocycles. The van der Waals surface area contributed by atoms with Crippen LogP contribution in [-0.2, 0) is 19.7 Å². The van der Waals surface area contributed by atoms with Crippen LogP contribution in [0.5, 0.6) is 0 Å². The first-order valence-electron chi connectivity index (χ1n) is 10.2. The molecule has 174 valence electrons. The molecule has 0 bridgehead atoms. The summed E-state index contributed by atoms with van der Waals surface area (Å²) in [5, 5.41) is 13.8. The fourth-order valence-corrected chi connectivity index (χ4v) is 4.04. The van der Waals surface area contributed by atoms with Crippen LogP contribution in [-0.4, -0.2) is 59.5 Å². The molecule has 2 aliphatic heterocycles. The van der Waals surface area contributed by atoms with Crippen molar-refractivity contribution in [2.24, 2.45) is 5.10 Å². The Morgan fingerprint density at radius 3 is 2.64 bits per heavy atom. The van der Waals surface area contributed by atoms with Crippen LogP contribution in [0.1, 0.15) is 25.8 Å². The van der Waals surface area contributed by atoms with Gasteiger partial charge in [-0.25, -0.2) is 5.01 Å². The summed E-state index contributed by atoms with van der Waals surface area (Å²) >= 11 is 0. The lowest BCUT2D eigenvalue weighted by Crippen LogP contribution is -2.28. The number of carbonyl (C=O) groups is 2. The molecular formula is C23H25N3O6S. The number of amides is 1. The summed E-state index contributed by atoms with van der Waals surface area (Å²) in [5.41, 5.74) is 4.26. The van der Waals surface area contributed by atoms with E-state index in [1.54, 1.807) is 13.0 Å². The predicted octanol–water partition coefficient (Wildman–Crippen LogP) is 2.86. The lowest BCUT2D eigenvalue weighted by molar-refractivity contribution is -0.142. The van der Waals surface area contributed by atoms with Crippen molar-refractivity contribution in [3.05, 3.63) is 71.0 Å². The number of allylic oxidation sites excluding steroid dienone is 5. The summed E-state index contributed by atoms with van der Waals surface area (Å²) in [7, 11) is -4.05. The van der Waals surface area contributed by atoms with Crippen molar-refractivity contribution in [1.82, 2.24) is 5.01 Å². The lowest BCUT2D eigenvalue weighted by Gasteiger charge is -2.30. The second-order valence-corrected chi connectivity index (χ2v) is 9.26. The lowest BCUT2D eigenvalue weighted by atomic mass is 10.0. The van der Waals surface area contributed by atoms with Gasteiger partial charge in [-0.3, -0.25) is 14.1 Å². The molecule has 1 aromatic carbocycles. The maximum atomic E-state index is 12.4. The number of hydrazone groups is 1. The van der Waals surface area contributed by atoms with Crippen molar-refractivity contribution in [1.29, 1.82) is 0 Å². The molecule has 0 fully saturated rings. The first kappa shape index (κ1) is 24.1. The first-order chi connectivity index (χ1) is 15.5. The van der Waals surface area contributed by atoms with Crippen molar-refractivity contribution < 1.29 is 27.7 Å². The van der Waals surface area contributed by atoms with Gasteiger partial charge >= 0.3 is 5.97 Å². The van der Waals surface area contributed by atoms with Gasteiger partial charge in [-0.1, -0.05) is 35.9 Å². The molecule has 2 N–H and O–H groups in total. The number of carboxylic acids is 1. The molecule has 1 aromatic rings. The number of carbonyl (C=O) groups excluding carboxylic acids is 1. The Balaban J connectivity index is 1.84. The third-order valence-corrected chi connectivity index (χ3v) is 5.86. The van der Waals surface area contributed by atoms with E-state index < -0.39 is 28.5 Å². The normalized spacial score (nSPS) is 18.8. The van der Waals surface area contributed by atoms with Crippen molar-refractivity contribution in [2.45, 2.75) is 20.3 Å². The quantitative estimate of drug-likeness (QED) is 0.441. The number of rotatable bonds is 8. The molecule has 0 aromatic heterocycles. The molecule has 0 unspecified atom stereocenters. The number of nitrogens with zero attached hydrogens (tertiary/aromatic N) is 3. The van der Waals surface area contributed by atoms with E-state index in [-0.39, 0.29) is 12.2 Å². The van der Waals surface area contributed by atoms with Crippen LogP contribution in [0.25, 0.3) is 6.08 Å². The number of hydrogen-bond acceptors (Lipinski definition) is 6. The van der Waals surface area contributed by atoms with Crippen LogP contribution >= 0.6 is 0 Å². The van der Waals surface area contributed by atoms with Gasteiger partial charge in [0.05, 0.1) is 17.0 Å². The summed E-state index contributed by atoms with van der Waals surface area (Å²) in [6.07, 6.45) is 9.44. The Kier molecular flexibility index (Phi) is 7.29. The SMILES string of the molecule is CC1=NN(CC(=O)O)C(=O)/C1=C/C(C)=C/C=C1\C=Cc2ccccc2N1CCCS(=O)(=O)O. The number of aliphatic carboxylic acids is 1. The molecule has 1 amide bonds. The van der Waals surface area contributed by atoms with Gasteiger partial charge in [0.1, 0.15) is 6.54 Å². The van der Waals surface area contributed by atoms with E-state index in [2.05, 4.69) is 5.10 Å². The van der Waals surface area contributed by atoms with Crippen LogP contribution in [0.3, 0.4) is 0 Å². The number of fused-ring (bicyclic) bond motifs is 1. The monoisotopic (exact) mass is 471 g/mol. The molecule has 10 heteroatoms. The zero-order valence-electron chi connectivity index (χ0n) is 18.3. The molecule has 2 aliphatic rings. The van der Waals surface area contributed by atoms with Crippen molar-refractivity contribution in [3.63, 3.8) is 0 Å². The fourth-order valence-electron chi connectivity index (χ4n) is 3.55. The first-order valence-corrected chi connectivity index (χ1v) is 11.9. The molecular weight excluding hydrogens is 446 g/mol. The second kappa shape index (κ2) is 9.97. The Hall–Kier alpha value is -3.50. The molecule has 2 heterocycles. The van der Waals surface area contributed by atoms with E-state index in [4.69, 9.17) is 9.66 Å². The molecule has 0 atom stereocenters. The maximum Gasteiger partial charge on any atom is 0.325 e. The summed E-state index contributed by atoms with van der Waals surface area (Å²) in [4.78, 5) is 25.3. The second-order valence-electron chi connectivity index (χ2n) is 7.69. The van der Waals surface area contributed by atoms with E-state index in [0.717, 1.165) is 27.5 Å². The average molecular weight is 472 g/mol. The molecule has 0 spiro atoms. The van der Waals surface area contributed by atoms with Gasteiger partial charge < -0.3 is 10.0 Å². The van der Waals surface area contributed by atoms with Gasteiger partial charge in [0, 0.05) is 17.9 Å². The minimum absolute atomic E-state index is 0.245. The van der Waals surface area contributed by atoms with Crippen LogP contribution in [0.2, 0.25) is 0 Å². The highest BCUT2D eigenvalue weighted by Gasteiger charge is 2.28. The van der Waals surface area contributed by atoms with E-state index in [1.807, 2.05) is 60.4 Å². The summed E-state index contributed by atoms with van der Waals surface area (Å²) in [5.74, 6) is -1.94. The minimum Gasteiger partial charge on any atom is -0.480 e. The number of hydrogen-bond donors (Lipinski definition) is 2. The zero-order chi connectivity index (χ0) is 24.2. The summed E-state index contributed by atoms with van der Waals surface area (Å²) < 4.78 is 31.3. The topological polar surface area (TPSA) is 128 Å². The van der Waals surface area contributed by atoms with Gasteiger partial charge in [0.2, 0.25) is 0 Å². The van der Waals surface area contributed by atoms with Crippen molar-refractivity contribution in [3.8, 4) is 0 Å². The predicted molar refractivity (Wildman–Crippen MR) is 126 cm³/mol. The van der Waals surface area contributed by atoms with Gasteiger partial charge in [-0.15, -0.1) is 0 Å². The highest BCUT2D eigenvalue weighted by molar-refractivity contribution is 7.85. The number of carboxylic acid groups (broad SMARTS) is 1. The molecule has 33 heavy (non-hydrogen) atoms. The summed E-state index contributed by atoms with van der Waals surface area (Å²) in [6.45, 7) is 3.35. The Morgan fingerprint density at radius 2 is 1.94 bits per heavy atom. The fraction of sp³-hybridized carbons (Fsp3) is 0.261. The highest BCUT2D eigenvalue weighted by atomic mass is 32.2. The van der Waals surface area contributed by atoms with Crippen molar-refractivity contribution >= 4 is 39.5 Å². The van der Waals surface area contributed by atoms with E-state index in [1.165, 1.54) is 0 Å². The van der Waals surface area contributed by atoms with Gasteiger partial charge in [0.25, 0.3) is 16.0 Å². The van der Waals surface area contributed by atoms with E-state index in [9.17, 15) is 18.0 Å². The third kappa shape index (κ3) is 6.27. The van der Waals surface area contributed by atoms with Crippen LogP contribution in [0, 0.1) is 0 Å². The molecule has 0 aliphatic carbocycles. The largest absolute Gasteiger partial charge is 0.480 e. The standard InChI is InChI=1S/C23H25N3O6S/c1-16(14-20-17(2)24-26(23(20)29)15-22(27)28)8-10-19-11-9-18-6-3-4-7-21(18)25(19)12-5-13-33(30,31)32/h3-4,6-11,14H,5,12-13,15H2,1-2H3,(H,27,28)(H,30,31,32)/b16-8+,19-10+,20-14+. The number of para-hydroxylation sites is 1. The van der Waals surface area contributed by atoms with Crippen LogP contribution in [0.15, 0.2) is 70.5 Å². The molecule has 0 radical (unpaired) electrons. The van der Waals surface area contributed by atoms with Crippen molar-refractivity contribution in [2.75, 3.05) is 23.7 Å². The maximum absolute atomic E-state index is 12.4. The Bertz CT molecular complexity index is 1220. The van der Waals surface area contributed by atoms with E-state index in [0.29, 0.717) is 17.8 Å². The molecule has 0 saturated heterocycles. The van der Waals surface area contributed by atoms with Gasteiger partial charge in [-0.05, 0) is 50.1 Å².